The summed E-state index contributed by atoms with van der Waals surface area (Å²) in [6.07, 6.45) is -3.72. The number of fused-ring (bicyclic) bond motifs is 2. The molecule has 3 rings (SSSR count). The summed E-state index contributed by atoms with van der Waals surface area (Å²) in [5.41, 5.74) is -0.249. The highest BCUT2D eigenvalue weighted by Crippen LogP contribution is 2.29. The van der Waals surface area contributed by atoms with E-state index in [4.69, 9.17) is 4.74 Å². The normalized spacial score (nSPS) is 23.1. The SMILES string of the molecule is CC(C)C1CNCN(C(=O)OCc2ccc(C(F)(F)F)cc2)C[C@H]2CCC(=O)N1C2. The zero-order valence-electron chi connectivity index (χ0n) is 17.2. The van der Waals surface area contributed by atoms with Gasteiger partial charge in [-0.15, -0.1) is 0 Å². The van der Waals surface area contributed by atoms with E-state index in [0.29, 0.717) is 44.2 Å². The van der Waals surface area contributed by atoms with Crippen LogP contribution in [-0.4, -0.2) is 54.1 Å². The Labute approximate surface area is 174 Å². The van der Waals surface area contributed by atoms with Gasteiger partial charge in [-0.1, -0.05) is 26.0 Å². The van der Waals surface area contributed by atoms with Crippen molar-refractivity contribution in [2.45, 2.75) is 45.5 Å². The van der Waals surface area contributed by atoms with Crippen LogP contribution in [0.3, 0.4) is 0 Å². The van der Waals surface area contributed by atoms with Crippen molar-refractivity contribution in [2.75, 3.05) is 26.3 Å². The molecule has 0 saturated carbocycles. The standard InChI is InChI=1S/C21H28F3N3O3/c1-14(2)18-9-25-13-26(10-16-5-8-19(28)27(18)11-16)20(29)30-12-15-3-6-17(7-4-15)21(22,23)24/h3-4,6-7,14,16,18,25H,5,8-13H2,1-2H3/t16-,18?/m1/s1. The minimum absolute atomic E-state index is 0.0726. The number of carbonyl (C=O) groups is 2. The van der Waals surface area contributed by atoms with Crippen LogP contribution in [0.4, 0.5) is 18.0 Å². The van der Waals surface area contributed by atoms with Crippen LogP contribution in [0, 0.1) is 11.8 Å². The van der Waals surface area contributed by atoms with E-state index in [2.05, 4.69) is 19.2 Å². The van der Waals surface area contributed by atoms with Crippen molar-refractivity contribution in [3.63, 3.8) is 0 Å². The molecule has 1 aromatic rings. The fraction of sp³-hybridized carbons (Fsp3) is 0.619. The molecule has 0 aromatic heterocycles. The monoisotopic (exact) mass is 427 g/mol. The van der Waals surface area contributed by atoms with Crippen LogP contribution >= 0.6 is 0 Å². The lowest BCUT2D eigenvalue weighted by Gasteiger charge is -2.39. The molecule has 1 aromatic carbocycles. The van der Waals surface area contributed by atoms with Gasteiger partial charge in [0, 0.05) is 32.1 Å². The summed E-state index contributed by atoms with van der Waals surface area (Å²) >= 11 is 0. The topological polar surface area (TPSA) is 61.9 Å². The number of benzene rings is 1. The highest BCUT2D eigenvalue weighted by atomic mass is 19.4. The van der Waals surface area contributed by atoms with Gasteiger partial charge in [0.15, 0.2) is 0 Å². The van der Waals surface area contributed by atoms with Crippen LogP contribution in [0.2, 0.25) is 0 Å². The van der Waals surface area contributed by atoms with Crippen LogP contribution in [-0.2, 0) is 22.3 Å². The number of alkyl halides is 3. The highest BCUT2D eigenvalue weighted by molar-refractivity contribution is 5.77. The van der Waals surface area contributed by atoms with Crippen LogP contribution < -0.4 is 5.32 Å². The summed E-state index contributed by atoms with van der Waals surface area (Å²) in [5, 5.41) is 3.25. The first kappa shape index (κ1) is 22.4. The van der Waals surface area contributed by atoms with Crippen LogP contribution in [0.25, 0.3) is 0 Å². The molecule has 2 fully saturated rings. The molecular weight excluding hydrogens is 399 g/mol. The molecule has 166 valence electrons. The number of carbonyl (C=O) groups excluding carboxylic acids is 2. The number of piperidine rings is 1. The number of hydrogen-bond donors (Lipinski definition) is 1. The average molecular weight is 427 g/mol. The summed E-state index contributed by atoms with van der Waals surface area (Å²) < 4.78 is 43.3. The van der Waals surface area contributed by atoms with E-state index in [1.807, 2.05) is 4.90 Å². The Morgan fingerprint density at radius 1 is 1.23 bits per heavy atom. The molecule has 2 atom stereocenters. The molecule has 2 bridgehead atoms. The molecule has 0 radical (unpaired) electrons. The second-order valence-corrected chi connectivity index (χ2v) is 8.35. The molecule has 2 heterocycles. The van der Waals surface area contributed by atoms with Gasteiger partial charge in [-0.2, -0.15) is 13.2 Å². The summed E-state index contributed by atoms with van der Waals surface area (Å²) in [6.45, 7) is 6.03. The first-order chi connectivity index (χ1) is 14.1. The number of amides is 2. The number of halogens is 3. The summed E-state index contributed by atoms with van der Waals surface area (Å²) in [7, 11) is 0. The quantitative estimate of drug-likeness (QED) is 0.803. The minimum Gasteiger partial charge on any atom is -0.445 e. The van der Waals surface area contributed by atoms with Gasteiger partial charge in [-0.3, -0.25) is 15.0 Å². The van der Waals surface area contributed by atoms with Crippen molar-refractivity contribution in [1.82, 2.24) is 15.1 Å². The molecule has 0 spiro atoms. The predicted octanol–water partition coefficient (Wildman–Crippen LogP) is 3.47. The zero-order valence-corrected chi connectivity index (χ0v) is 17.2. The third-order valence-electron chi connectivity index (χ3n) is 5.75. The zero-order chi connectivity index (χ0) is 21.9. The smallest absolute Gasteiger partial charge is 0.416 e. The summed E-state index contributed by atoms with van der Waals surface area (Å²) in [4.78, 5) is 28.5. The Morgan fingerprint density at radius 2 is 1.93 bits per heavy atom. The van der Waals surface area contributed by atoms with Crippen molar-refractivity contribution in [3.8, 4) is 0 Å². The lowest BCUT2D eigenvalue weighted by atomic mass is 9.93. The lowest BCUT2D eigenvalue weighted by Crippen LogP contribution is -2.52. The van der Waals surface area contributed by atoms with E-state index in [0.717, 1.165) is 18.6 Å². The molecule has 2 aliphatic heterocycles. The second kappa shape index (κ2) is 9.24. The van der Waals surface area contributed by atoms with Gasteiger partial charge in [0.05, 0.1) is 12.2 Å². The molecule has 2 saturated heterocycles. The number of hydrogen-bond acceptors (Lipinski definition) is 4. The first-order valence-electron chi connectivity index (χ1n) is 10.2. The van der Waals surface area contributed by atoms with E-state index in [-0.39, 0.29) is 24.5 Å². The molecule has 9 heteroatoms. The van der Waals surface area contributed by atoms with Gasteiger partial charge < -0.3 is 9.64 Å². The Balaban J connectivity index is 1.61. The maximum atomic E-state index is 12.7. The van der Waals surface area contributed by atoms with E-state index < -0.39 is 17.8 Å². The third-order valence-corrected chi connectivity index (χ3v) is 5.75. The molecule has 30 heavy (non-hydrogen) atoms. The van der Waals surface area contributed by atoms with Gasteiger partial charge >= 0.3 is 12.3 Å². The van der Waals surface area contributed by atoms with E-state index in [1.54, 1.807) is 4.90 Å². The molecule has 1 unspecified atom stereocenters. The average Bonchev–Trinajstić information content (AvgIpc) is 2.76. The maximum Gasteiger partial charge on any atom is 0.416 e. The lowest BCUT2D eigenvalue weighted by molar-refractivity contribution is -0.138. The van der Waals surface area contributed by atoms with Crippen molar-refractivity contribution in [1.29, 1.82) is 0 Å². The Morgan fingerprint density at radius 3 is 2.57 bits per heavy atom. The summed E-state index contributed by atoms with van der Waals surface area (Å²) in [6, 6.07) is 4.65. The second-order valence-electron chi connectivity index (χ2n) is 8.35. The predicted molar refractivity (Wildman–Crippen MR) is 104 cm³/mol. The molecule has 2 aliphatic rings. The van der Waals surface area contributed by atoms with Gasteiger partial charge in [0.2, 0.25) is 5.91 Å². The largest absolute Gasteiger partial charge is 0.445 e. The summed E-state index contributed by atoms with van der Waals surface area (Å²) in [5.74, 6) is 0.617. The van der Waals surface area contributed by atoms with Gasteiger partial charge in [-0.25, -0.2) is 4.79 Å². The van der Waals surface area contributed by atoms with Crippen molar-refractivity contribution in [3.05, 3.63) is 35.4 Å². The minimum atomic E-state index is -4.40. The Hall–Kier alpha value is -2.29. The molecule has 2 amide bonds. The molecular formula is C21H28F3N3O3. The Kier molecular flexibility index (Phi) is 6.90. The molecule has 0 aliphatic carbocycles. The van der Waals surface area contributed by atoms with Crippen molar-refractivity contribution < 1.29 is 27.5 Å². The number of ether oxygens (including phenoxy) is 1. The fourth-order valence-corrected chi connectivity index (χ4v) is 4.01. The molecule has 6 nitrogen and oxygen atoms in total. The van der Waals surface area contributed by atoms with Crippen LogP contribution in [0.15, 0.2) is 24.3 Å². The van der Waals surface area contributed by atoms with Gasteiger partial charge in [0.1, 0.15) is 6.61 Å². The number of nitrogens with zero attached hydrogens (tertiary/aromatic N) is 2. The van der Waals surface area contributed by atoms with E-state index in [9.17, 15) is 22.8 Å². The highest BCUT2D eigenvalue weighted by Gasteiger charge is 2.35. The number of rotatable bonds is 3. The Bertz CT molecular complexity index is 752. The van der Waals surface area contributed by atoms with Gasteiger partial charge in [-0.05, 0) is 36.0 Å². The number of nitrogens with one attached hydrogen (secondary N) is 1. The third kappa shape index (κ3) is 5.44. The fourth-order valence-electron chi connectivity index (χ4n) is 4.01. The van der Waals surface area contributed by atoms with E-state index >= 15 is 0 Å². The van der Waals surface area contributed by atoms with Crippen LogP contribution in [0.5, 0.6) is 0 Å². The van der Waals surface area contributed by atoms with Crippen molar-refractivity contribution in [2.24, 2.45) is 11.8 Å². The van der Waals surface area contributed by atoms with Gasteiger partial charge in [0.25, 0.3) is 0 Å². The maximum absolute atomic E-state index is 12.7. The molecule has 1 N–H and O–H groups in total. The van der Waals surface area contributed by atoms with E-state index in [1.165, 1.54) is 12.1 Å². The first-order valence-corrected chi connectivity index (χ1v) is 10.2. The van der Waals surface area contributed by atoms with Crippen molar-refractivity contribution >= 4 is 12.0 Å². The van der Waals surface area contributed by atoms with Crippen LogP contribution in [0.1, 0.15) is 37.8 Å².